The first-order valence-corrected chi connectivity index (χ1v) is 9.52. The van der Waals surface area contributed by atoms with Gasteiger partial charge in [-0.15, -0.1) is 0 Å². The summed E-state index contributed by atoms with van der Waals surface area (Å²) in [6, 6.07) is 3.82. The normalized spacial score (nSPS) is 24.4. The van der Waals surface area contributed by atoms with E-state index in [1.54, 1.807) is 6.26 Å². The van der Waals surface area contributed by atoms with Crippen molar-refractivity contribution in [1.82, 2.24) is 15.1 Å². The molecule has 6 nitrogen and oxygen atoms in total. The van der Waals surface area contributed by atoms with Gasteiger partial charge in [-0.1, -0.05) is 6.92 Å². The van der Waals surface area contributed by atoms with Gasteiger partial charge in [0.05, 0.1) is 25.4 Å². The molecule has 3 rings (SSSR count). The topological polar surface area (TPSA) is 65.8 Å². The molecule has 2 unspecified atom stereocenters. The first-order valence-electron chi connectivity index (χ1n) is 9.52. The van der Waals surface area contributed by atoms with Gasteiger partial charge in [0.2, 0.25) is 11.8 Å². The van der Waals surface area contributed by atoms with Gasteiger partial charge in [-0.05, 0) is 57.2 Å². The number of amides is 2. The minimum absolute atomic E-state index is 0.00705. The Kier molecular flexibility index (Phi) is 6.13. The Balaban J connectivity index is 1.53. The first-order chi connectivity index (χ1) is 12.2. The maximum Gasteiger partial charge on any atom is 0.237 e. The number of nitrogens with one attached hydrogen (secondary N) is 1. The molecule has 0 bridgehead atoms. The molecule has 1 N–H and O–H groups in total. The van der Waals surface area contributed by atoms with Gasteiger partial charge in [0, 0.05) is 12.6 Å². The highest BCUT2D eigenvalue weighted by Gasteiger charge is 2.34. The van der Waals surface area contributed by atoms with Gasteiger partial charge < -0.3 is 14.6 Å². The van der Waals surface area contributed by atoms with E-state index >= 15 is 0 Å². The number of nitrogens with zero attached hydrogens (tertiary/aromatic N) is 2. The highest BCUT2D eigenvalue weighted by atomic mass is 16.3. The Morgan fingerprint density at radius 2 is 2.12 bits per heavy atom. The Morgan fingerprint density at radius 1 is 1.24 bits per heavy atom. The fraction of sp³-hybridized carbons (Fsp3) is 0.684. The Hall–Kier alpha value is -1.82. The molecule has 0 saturated carbocycles. The van der Waals surface area contributed by atoms with Crippen LogP contribution in [0.3, 0.4) is 0 Å². The third kappa shape index (κ3) is 4.42. The van der Waals surface area contributed by atoms with E-state index in [1.807, 2.05) is 21.9 Å². The predicted octanol–water partition coefficient (Wildman–Crippen LogP) is 2.15. The second-order valence-electron chi connectivity index (χ2n) is 7.07. The van der Waals surface area contributed by atoms with E-state index in [0.29, 0.717) is 19.1 Å². The van der Waals surface area contributed by atoms with Crippen LogP contribution in [0.25, 0.3) is 0 Å². The van der Waals surface area contributed by atoms with E-state index in [-0.39, 0.29) is 17.9 Å². The van der Waals surface area contributed by atoms with Gasteiger partial charge in [-0.25, -0.2) is 0 Å². The monoisotopic (exact) mass is 347 g/mol. The van der Waals surface area contributed by atoms with Crippen LogP contribution in [0.1, 0.15) is 51.2 Å². The zero-order valence-electron chi connectivity index (χ0n) is 15.1. The minimum Gasteiger partial charge on any atom is -0.467 e. The highest BCUT2D eigenvalue weighted by molar-refractivity contribution is 5.84. The number of carbonyl (C=O) groups excluding carboxylic acids is 2. The van der Waals surface area contributed by atoms with E-state index in [2.05, 4.69) is 12.2 Å². The zero-order chi connectivity index (χ0) is 17.6. The fourth-order valence-corrected chi connectivity index (χ4v) is 4.04. The molecule has 2 fully saturated rings. The largest absolute Gasteiger partial charge is 0.467 e. The summed E-state index contributed by atoms with van der Waals surface area (Å²) in [4.78, 5) is 29.4. The van der Waals surface area contributed by atoms with E-state index in [4.69, 9.17) is 4.42 Å². The van der Waals surface area contributed by atoms with Crippen molar-refractivity contribution in [2.75, 3.05) is 19.6 Å². The molecule has 6 heteroatoms. The van der Waals surface area contributed by atoms with Gasteiger partial charge in [-0.2, -0.15) is 0 Å². The molecular weight excluding hydrogens is 318 g/mol. The average Bonchev–Trinajstić information content (AvgIpc) is 3.31. The molecule has 0 aromatic carbocycles. The molecule has 0 spiro atoms. The van der Waals surface area contributed by atoms with Crippen molar-refractivity contribution in [3.05, 3.63) is 24.2 Å². The lowest BCUT2D eigenvalue weighted by Crippen LogP contribution is -2.51. The molecule has 3 heterocycles. The van der Waals surface area contributed by atoms with Crippen LogP contribution in [0.5, 0.6) is 0 Å². The number of piperidine rings is 1. The van der Waals surface area contributed by atoms with Crippen LogP contribution < -0.4 is 5.32 Å². The van der Waals surface area contributed by atoms with Crippen LogP contribution >= 0.6 is 0 Å². The molecule has 1 aromatic heterocycles. The molecule has 2 aliphatic rings. The third-order valence-corrected chi connectivity index (χ3v) is 5.44. The Labute approximate surface area is 149 Å². The van der Waals surface area contributed by atoms with Crippen molar-refractivity contribution in [1.29, 1.82) is 0 Å². The number of carbonyl (C=O) groups is 2. The van der Waals surface area contributed by atoms with Crippen molar-refractivity contribution in [2.24, 2.45) is 0 Å². The summed E-state index contributed by atoms with van der Waals surface area (Å²) in [5.74, 6) is 0.915. The number of hydrogen-bond acceptors (Lipinski definition) is 4. The van der Waals surface area contributed by atoms with Gasteiger partial charge in [0.25, 0.3) is 0 Å². The molecule has 2 saturated heterocycles. The van der Waals surface area contributed by atoms with Crippen molar-refractivity contribution < 1.29 is 14.0 Å². The number of rotatable bonds is 6. The molecular formula is C19H29N3O3. The van der Waals surface area contributed by atoms with Gasteiger partial charge in [-0.3, -0.25) is 14.5 Å². The quantitative estimate of drug-likeness (QED) is 0.856. The Morgan fingerprint density at radius 3 is 2.88 bits per heavy atom. The van der Waals surface area contributed by atoms with E-state index in [0.717, 1.165) is 51.0 Å². The van der Waals surface area contributed by atoms with E-state index in [9.17, 15) is 9.59 Å². The maximum atomic E-state index is 12.8. The summed E-state index contributed by atoms with van der Waals surface area (Å²) in [5.41, 5.74) is 0. The van der Waals surface area contributed by atoms with Crippen LogP contribution in [-0.2, 0) is 16.1 Å². The number of furan rings is 1. The van der Waals surface area contributed by atoms with Gasteiger partial charge in [0.15, 0.2) is 0 Å². The van der Waals surface area contributed by atoms with Crippen LogP contribution in [-0.4, -0.2) is 53.3 Å². The lowest BCUT2D eigenvalue weighted by atomic mass is 10.00. The zero-order valence-corrected chi connectivity index (χ0v) is 15.1. The van der Waals surface area contributed by atoms with E-state index in [1.165, 1.54) is 6.42 Å². The maximum absolute atomic E-state index is 12.8. The SMILES string of the molecule is CCC1CCCCN1C(=O)CN1CCCC1C(=O)NCc1ccco1. The molecule has 0 aliphatic carbocycles. The number of likely N-dealkylation sites (tertiary alicyclic amines) is 2. The van der Waals surface area contributed by atoms with Crippen LogP contribution in [0.2, 0.25) is 0 Å². The summed E-state index contributed by atoms with van der Waals surface area (Å²) in [6.07, 6.45) is 7.80. The minimum atomic E-state index is -0.205. The van der Waals surface area contributed by atoms with Crippen LogP contribution in [0.4, 0.5) is 0 Å². The third-order valence-electron chi connectivity index (χ3n) is 5.44. The van der Waals surface area contributed by atoms with E-state index < -0.39 is 0 Å². The second-order valence-corrected chi connectivity index (χ2v) is 7.07. The summed E-state index contributed by atoms with van der Waals surface area (Å²) in [7, 11) is 0. The molecule has 138 valence electrons. The van der Waals surface area contributed by atoms with Crippen molar-refractivity contribution in [3.8, 4) is 0 Å². The molecule has 0 radical (unpaired) electrons. The smallest absolute Gasteiger partial charge is 0.237 e. The molecule has 2 amide bonds. The average molecular weight is 347 g/mol. The molecule has 2 atom stereocenters. The predicted molar refractivity (Wildman–Crippen MR) is 94.8 cm³/mol. The van der Waals surface area contributed by atoms with Gasteiger partial charge in [0.1, 0.15) is 5.76 Å². The van der Waals surface area contributed by atoms with Crippen molar-refractivity contribution in [3.63, 3.8) is 0 Å². The number of hydrogen-bond donors (Lipinski definition) is 1. The van der Waals surface area contributed by atoms with Crippen LogP contribution in [0.15, 0.2) is 22.8 Å². The summed E-state index contributed by atoms with van der Waals surface area (Å²) in [5, 5.41) is 2.93. The second kappa shape index (κ2) is 8.52. The standard InChI is InChI=1S/C19H29N3O3/c1-2-15-7-3-4-11-22(15)18(23)14-21-10-5-9-17(21)19(24)20-13-16-8-6-12-25-16/h6,8,12,15,17H,2-5,7,9-11,13-14H2,1H3,(H,20,24). The molecule has 1 aromatic rings. The Bertz CT molecular complexity index is 572. The lowest BCUT2D eigenvalue weighted by molar-refractivity contribution is -0.137. The highest BCUT2D eigenvalue weighted by Crippen LogP contribution is 2.22. The first kappa shape index (κ1) is 18.0. The lowest BCUT2D eigenvalue weighted by Gasteiger charge is -2.36. The summed E-state index contributed by atoms with van der Waals surface area (Å²) < 4.78 is 5.25. The van der Waals surface area contributed by atoms with Crippen molar-refractivity contribution >= 4 is 11.8 Å². The summed E-state index contributed by atoms with van der Waals surface area (Å²) >= 11 is 0. The van der Waals surface area contributed by atoms with Gasteiger partial charge >= 0.3 is 0 Å². The molecule has 2 aliphatic heterocycles. The molecule has 25 heavy (non-hydrogen) atoms. The summed E-state index contributed by atoms with van der Waals surface area (Å²) in [6.45, 7) is 4.58. The van der Waals surface area contributed by atoms with Crippen molar-refractivity contribution in [2.45, 2.75) is 64.1 Å². The fourth-order valence-electron chi connectivity index (χ4n) is 4.04. The van der Waals surface area contributed by atoms with Crippen LogP contribution in [0, 0.1) is 0 Å².